The van der Waals surface area contributed by atoms with Crippen molar-refractivity contribution >= 4 is 11.8 Å². The Hall–Kier alpha value is -1.14. The number of rotatable bonds is 4. The third-order valence-electron chi connectivity index (χ3n) is 2.33. The number of aliphatic hydroxyl groups excluding tert-OH is 1. The van der Waals surface area contributed by atoms with E-state index in [4.69, 9.17) is 5.11 Å². The van der Waals surface area contributed by atoms with Gasteiger partial charge in [0, 0.05) is 19.5 Å². The highest BCUT2D eigenvalue weighted by atomic mass is 16.3. The molecular weight excluding hydrogens is 200 g/mol. The zero-order valence-electron chi connectivity index (χ0n) is 8.62. The molecule has 2 amide bonds. The molecule has 0 saturated carbocycles. The maximum atomic E-state index is 11.5. The molecule has 0 aromatic heterocycles. The number of hydrogen-bond acceptors (Lipinski definition) is 4. The van der Waals surface area contributed by atoms with Gasteiger partial charge in [-0.3, -0.25) is 9.59 Å². The van der Waals surface area contributed by atoms with Crippen LogP contribution in [0.1, 0.15) is 13.3 Å². The Morgan fingerprint density at radius 1 is 1.73 bits per heavy atom. The van der Waals surface area contributed by atoms with Gasteiger partial charge in [-0.05, 0) is 6.92 Å². The lowest BCUT2D eigenvalue weighted by Gasteiger charge is -2.21. The van der Waals surface area contributed by atoms with E-state index in [0.717, 1.165) is 0 Å². The van der Waals surface area contributed by atoms with Crippen LogP contribution < -0.4 is 10.6 Å². The van der Waals surface area contributed by atoms with Crippen LogP contribution in [0.5, 0.6) is 0 Å². The van der Waals surface area contributed by atoms with Crippen LogP contribution in [0, 0.1) is 5.92 Å². The molecule has 0 spiro atoms. The van der Waals surface area contributed by atoms with E-state index >= 15 is 0 Å². The summed E-state index contributed by atoms with van der Waals surface area (Å²) in [6.45, 7) is 1.32. The summed E-state index contributed by atoms with van der Waals surface area (Å²) in [4.78, 5) is 22.3. The third-order valence-corrected chi connectivity index (χ3v) is 2.33. The van der Waals surface area contributed by atoms with E-state index in [1.54, 1.807) is 0 Å². The van der Waals surface area contributed by atoms with Crippen LogP contribution in [0.2, 0.25) is 0 Å². The molecule has 1 heterocycles. The topological polar surface area (TPSA) is 98.7 Å². The van der Waals surface area contributed by atoms with Crippen LogP contribution >= 0.6 is 0 Å². The van der Waals surface area contributed by atoms with Gasteiger partial charge in [0.2, 0.25) is 11.8 Å². The average molecular weight is 216 g/mol. The maximum Gasteiger partial charge on any atom is 0.225 e. The molecule has 15 heavy (non-hydrogen) atoms. The summed E-state index contributed by atoms with van der Waals surface area (Å²) in [5.74, 6) is -0.780. The standard InChI is InChI=1S/C9H16N2O4/c1-9(15,5-12)4-11-8(14)6-2-7(13)10-3-6/h6,12,15H,2-5H2,1H3,(H,10,13)(H,11,14). The molecule has 1 fully saturated rings. The summed E-state index contributed by atoms with van der Waals surface area (Å²) >= 11 is 0. The van der Waals surface area contributed by atoms with E-state index in [-0.39, 0.29) is 30.7 Å². The Kier molecular flexibility index (Phi) is 3.65. The van der Waals surface area contributed by atoms with Gasteiger partial charge in [0.25, 0.3) is 0 Å². The van der Waals surface area contributed by atoms with Crippen molar-refractivity contribution in [2.75, 3.05) is 19.7 Å². The molecule has 6 nitrogen and oxygen atoms in total. The Bertz CT molecular complexity index is 265. The molecule has 1 saturated heterocycles. The van der Waals surface area contributed by atoms with Crippen molar-refractivity contribution in [3.63, 3.8) is 0 Å². The van der Waals surface area contributed by atoms with Gasteiger partial charge >= 0.3 is 0 Å². The molecule has 1 aliphatic heterocycles. The van der Waals surface area contributed by atoms with Gasteiger partial charge in [-0.1, -0.05) is 0 Å². The SMILES string of the molecule is CC(O)(CO)CNC(=O)C1CNC(=O)C1. The monoisotopic (exact) mass is 216 g/mol. The lowest BCUT2D eigenvalue weighted by atomic mass is 10.1. The molecule has 86 valence electrons. The normalized spacial score (nSPS) is 24.5. The predicted octanol–water partition coefficient (Wildman–Crippen LogP) is -2.02. The van der Waals surface area contributed by atoms with Crippen molar-refractivity contribution in [1.82, 2.24) is 10.6 Å². The van der Waals surface area contributed by atoms with Crippen molar-refractivity contribution in [3.8, 4) is 0 Å². The van der Waals surface area contributed by atoms with Crippen LogP contribution in [-0.2, 0) is 9.59 Å². The Balaban J connectivity index is 2.33. The summed E-state index contributed by atoms with van der Waals surface area (Å²) < 4.78 is 0. The predicted molar refractivity (Wildman–Crippen MR) is 51.8 cm³/mol. The smallest absolute Gasteiger partial charge is 0.225 e. The van der Waals surface area contributed by atoms with Gasteiger partial charge in [-0.25, -0.2) is 0 Å². The minimum Gasteiger partial charge on any atom is -0.393 e. The average Bonchev–Trinajstić information content (AvgIpc) is 2.61. The summed E-state index contributed by atoms with van der Waals surface area (Å²) in [7, 11) is 0. The molecule has 0 radical (unpaired) electrons. The fraction of sp³-hybridized carbons (Fsp3) is 0.778. The fourth-order valence-electron chi connectivity index (χ4n) is 1.27. The molecule has 6 heteroatoms. The highest BCUT2D eigenvalue weighted by molar-refractivity contribution is 5.89. The van der Waals surface area contributed by atoms with Crippen LogP contribution in [0.4, 0.5) is 0 Å². The van der Waals surface area contributed by atoms with E-state index in [1.807, 2.05) is 0 Å². The number of aliphatic hydroxyl groups is 2. The van der Waals surface area contributed by atoms with Gasteiger partial charge in [-0.15, -0.1) is 0 Å². The van der Waals surface area contributed by atoms with E-state index in [2.05, 4.69) is 10.6 Å². The Morgan fingerprint density at radius 2 is 2.40 bits per heavy atom. The summed E-state index contributed by atoms with van der Waals surface area (Å²) in [5.41, 5.74) is -1.31. The highest BCUT2D eigenvalue weighted by Gasteiger charge is 2.29. The number of nitrogens with one attached hydrogen (secondary N) is 2. The molecule has 0 aromatic rings. The van der Waals surface area contributed by atoms with Gasteiger partial charge in [0.05, 0.1) is 12.5 Å². The molecule has 1 aliphatic rings. The zero-order chi connectivity index (χ0) is 11.5. The molecule has 0 aromatic carbocycles. The zero-order valence-corrected chi connectivity index (χ0v) is 8.62. The third kappa shape index (κ3) is 3.49. The lowest BCUT2D eigenvalue weighted by molar-refractivity contribution is -0.127. The first-order chi connectivity index (χ1) is 6.94. The second-order valence-electron chi connectivity index (χ2n) is 4.08. The molecular formula is C9H16N2O4. The minimum atomic E-state index is -1.31. The molecule has 0 bridgehead atoms. The van der Waals surface area contributed by atoms with E-state index in [1.165, 1.54) is 6.92 Å². The van der Waals surface area contributed by atoms with Crippen molar-refractivity contribution in [2.24, 2.45) is 5.92 Å². The first-order valence-electron chi connectivity index (χ1n) is 4.82. The Labute approximate surface area is 87.7 Å². The van der Waals surface area contributed by atoms with Crippen LogP contribution in [0.15, 0.2) is 0 Å². The fourth-order valence-corrected chi connectivity index (χ4v) is 1.27. The second kappa shape index (κ2) is 4.59. The second-order valence-corrected chi connectivity index (χ2v) is 4.08. The van der Waals surface area contributed by atoms with Crippen LogP contribution in [-0.4, -0.2) is 47.3 Å². The molecule has 4 N–H and O–H groups in total. The van der Waals surface area contributed by atoms with E-state index in [0.29, 0.717) is 6.54 Å². The first-order valence-corrected chi connectivity index (χ1v) is 4.82. The van der Waals surface area contributed by atoms with Gasteiger partial charge in [0.1, 0.15) is 5.60 Å². The maximum absolute atomic E-state index is 11.5. The van der Waals surface area contributed by atoms with Gasteiger partial charge in [0.15, 0.2) is 0 Å². The van der Waals surface area contributed by atoms with Gasteiger partial charge in [-0.2, -0.15) is 0 Å². The van der Waals surface area contributed by atoms with Crippen LogP contribution in [0.3, 0.4) is 0 Å². The molecule has 0 aliphatic carbocycles. The summed E-state index contributed by atoms with van der Waals surface area (Å²) in [6.07, 6.45) is 0.188. The summed E-state index contributed by atoms with van der Waals surface area (Å²) in [5, 5.41) is 23.2. The Morgan fingerprint density at radius 3 is 2.87 bits per heavy atom. The van der Waals surface area contributed by atoms with Crippen molar-refractivity contribution in [2.45, 2.75) is 18.9 Å². The minimum absolute atomic E-state index is 0.0208. The number of hydrogen-bond donors (Lipinski definition) is 4. The van der Waals surface area contributed by atoms with Crippen LogP contribution in [0.25, 0.3) is 0 Å². The number of carbonyl (C=O) groups is 2. The van der Waals surface area contributed by atoms with E-state index in [9.17, 15) is 14.7 Å². The summed E-state index contributed by atoms with van der Waals surface area (Å²) in [6, 6.07) is 0. The van der Waals surface area contributed by atoms with Crippen molar-refractivity contribution < 1.29 is 19.8 Å². The highest BCUT2D eigenvalue weighted by Crippen LogP contribution is 2.09. The molecule has 2 atom stereocenters. The number of carbonyl (C=O) groups excluding carboxylic acids is 2. The van der Waals surface area contributed by atoms with E-state index < -0.39 is 12.2 Å². The van der Waals surface area contributed by atoms with Crippen molar-refractivity contribution in [1.29, 1.82) is 0 Å². The van der Waals surface area contributed by atoms with Crippen molar-refractivity contribution in [3.05, 3.63) is 0 Å². The number of amides is 2. The quantitative estimate of drug-likeness (QED) is 0.436. The van der Waals surface area contributed by atoms with Gasteiger partial charge < -0.3 is 20.8 Å². The molecule has 1 rings (SSSR count). The first kappa shape index (κ1) is 11.9. The lowest BCUT2D eigenvalue weighted by Crippen LogP contribution is -2.45. The molecule has 2 unspecified atom stereocenters. The largest absolute Gasteiger partial charge is 0.393 e.